The van der Waals surface area contributed by atoms with Gasteiger partial charge >= 0.3 is 5.97 Å². The summed E-state index contributed by atoms with van der Waals surface area (Å²) in [6.45, 7) is 1.04. The Bertz CT molecular complexity index is 705. The number of amides is 1. The van der Waals surface area contributed by atoms with E-state index in [1.807, 2.05) is 42.1 Å². The number of para-hydroxylation sites is 1. The molecule has 1 amide bonds. The van der Waals surface area contributed by atoms with Crippen LogP contribution in [0.4, 0.5) is 0 Å². The molecule has 1 aromatic carbocycles. The third kappa shape index (κ3) is 2.28. The molecule has 5 heteroatoms. The minimum absolute atomic E-state index is 0.0156. The number of nitrogens with zero attached hydrogens (tertiary/aromatic N) is 2. The van der Waals surface area contributed by atoms with Gasteiger partial charge in [-0.2, -0.15) is 0 Å². The molecule has 0 radical (unpaired) electrons. The Balaban J connectivity index is 1.87. The van der Waals surface area contributed by atoms with Crippen LogP contribution in [0.1, 0.15) is 16.8 Å². The highest BCUT2D eigenvalue weighted by Crippen LogP contribution is 2.25. The number of esters is 1. The first-order valence-corrected chi connectivity index (χ1v) is 7.03. The van der Waals surface area contributed by atoms with Gasteiger partial charge in [0.1, 0.15) is 0 Å². The lowest BCUT2D eigenvalue weighted by molar-refractivity contribution is -0.144. The maximum Gasteiger partial charge on any atom is 0.310 e. The van der Waals surface area contributed by atoms with Gasteiger partial charge in [-0.3, -0.25) is 9.59 Å². The second-order valence-corrected chi connectivity index (χ2v) is 5.43. The smallest absolute Gasteiger partial charge is 0.310 e. The predicted octanol–water partition coefficient (Wildman–Crippen LogP) is 1.81. The Hall–Kier alpha value is -2.30. The van der Waals surface area contributed by atoms with Crippen LogP contribution >= 0.6 is 0 Å². The highest BCUT2D eigenvalue weighted by molar-refractivity contribution is 6.07. The van der Waals surface area contributed by atoms with Crippen LogP contribution in [0.15, 0.2) is 30.5 Å². The molecule has 110 valence electrons. The number of ether oxygens (including phenoxy) is 1. The SMILES string of the molecule is COC(=O)C1CCN(C(=O)c2cn(C)c3ccccc23)C1. The summed E-state index contributed by atoms with van der Waals surface area (Å²) >= 11 is 0. The van der Waals surface area contributed by atoms with Crippen molar-refractivity contribution in [2.75, 3.05) is 20.2 Å². The molecule has 2 aromatic rings. The number of methoxy groups -OCH3 is 1. The third-order valence-electron chi connectivity index (χ3n) is 4.14. The molecule has 0 bridgehead atoms. The van der Waals surface area contributed by atoms with Crippen LogP contribution < -0.4 is 0 Å². The fraction of sp³-hybridized carbons (Fsp3) is 0.375. The fourth-order valence-electron chi connectivity index (χ4n) is 2.99. The van der Waals surface area contributed by atoms with Crippen molar-refractivity contribution >= 4 is 22.8 Å². The van der Waals surface area contributed by atoms with Gasteiger partial charge in [0.25, 0.3) is 5.91 Å². The van der Waals surface area contributed by atoms with Gasteiger partial charge in [0.05, 0.1) is 18.6 Å². The summed E-state index contributed by atoms with van der Waals surface area (Å²) in [5.41, 5.74) is 1.73. The van der Waals surface area contributed by atoms with E-state index in [0.717, 1.165) is 10.9 Å². The van der Waals surface area contributed by atoms with E-state index in [2.05, 4.69) is 0 Å². The Morgan fingerprint density at radius 3 is 2.81 bits per heavy atom. The number of aryl methyl sites for hydroxylation is 1. The molecule has 2 heterocycles. The molecule has 3 rings (SSSR count). The largest absolute Gasteiger partial charge is 0.469 e. The Morgan fingerprint density at radius 1 is 1.29 bits per heavy atom. The predicted molar refractivity (Wildman–Crippen MR) is 78.9 cm³/mol. The normalized spacial score (nSPS) is 18.2. The molecule has 1 aliphatic rings. The van der Waals surface area contributed by atoms with Gasteiger partial charge in [-0.25, -0.2) is 0 Å². The maximum atomic E-state index is 12.7. The summed E-state index contributed by atoms with van der Waals surface area (Å²) in [6.07, 6.45) is 2.53. The van der Waals surface area contributed by atoms with Crippen LogP contribution in [0.2, 0.25) is 0 Å². The van der Waals surface area contributed by atoms with E-state index in [-0.39, 0.29) is 17.8 Å². The number of carbonyl (C=O) groups excluding carboxylic acids is 2. The standard InChI is InChI=1S/C16H18N2O3/c1-17-10-13(12-5-3-4-6-14(12)17)15(19)18-8-7-11(9-18)16(20)21-2/h3-6,10-11H,7-9H2,1-2H3. The van der Waals surface area contributed by atoms with E-state index in [4.69, 9.17) is 4.74 Å². The quantitative estimate of drug-likeness (QED) is 0.791. The van der Waals surface area contributed by atoms with Crippen LogP contribution in [0.25, 0.3) is 10.9 Å². The molecule has 1 fully saturated rings. The van der Waals surface area contributed by atoms with Crippen molar-refractivity contribution in [3.63, 3.8) is 0 Å². The molecule has 1 aliphatic heterocycles. The minimum atomic E-state index is -0.233. The van der Waals surface area contributed by atoms with Gasteiger partial charge in [-0.05, 0) is 12.5 Å². The number of hydrogen-bond donors (Lipinski definition) is 0. The first-order valence-electron chi connectivity index (χ1n) is 7.03. The Morgan fingerprint density at radius 2 is 2.05 bits per heavy atom. The molecule has 0 saturated carbocycles. The summed E-state index contributed by atoms with van der Waals surface area (Å²) in [5.74, 6) is -0.449. The first-order chi connectivity index (χ1) is 10.1. The van der Waals surface area contributed by atoms with Crippen molar-refractivity contribution in [1.82, 2.24) is 9.47 Å². The van der Waals surface area contributed by atoms with E-state index in [1.54, 1.807) is 4.90 Å². The lowest BCUT2D eigenvalue weighted by Gasteiger charge is -2.15. The average molecular weight is 286 g/mol. The summed E-state index contributed by atoms with van der Waals surface area (Å²) < 4.78 is 6.72. The fourth-order valence-corrected chi connectivity index (χ4v) is 2.99. The molecular formula is C16H18N2O3. The molecule has 21 heavy (non-hydrogen) atoms. The van der Waals surface area contributed by atoms with Crippen molar-refractivity contribution < 1.29 is 14.3 Å². The average Bonchev–Trinajstić information content (AvgIpc) is 3.12. The topological polar surface area (TPSA) is 51.5 Å². The van der Waals surface area contributed by atoms with E-state index in [0.29, 0.717) is 25.1 Å². The van der Waals surface area contributed by atoms with Crippen LogP contribution in [0, 0.1) is 5.92 Å². The second kappa shape index (κ2) is 5.24. The van der Waals surface area contributed by atoms with Gasteiger partial charge in [-0.1, -0.05) is 18.2 Å². The Labute approximate surface area is 123 Å². The molecule has 1 saturated heterocycles. The van der Waals surface area contributed by atoms with Crippen molar-refractivity contribution in [1.29, 1.82) is 0 Å². The lowest BCUT2D eigenvalue weighted by atomic mass is 10.1. The van der Waals surface area contributed by atoms with E-state index in [9.17, 15) is 9.59 Å². The van der Waals surface area contributed by atoms with Gasteiger partial charge < -0.3 is 14.2 Å². The second-order valence-electron chi connectivity index (χ2n) is 5.43. The van der Waals surface area contributed by atoms with Gasteiger partial charge in [0.2, 0.25) is 0 Å². The summed E-state index contributed by atoms with van der Waals surface area (Å²) in [4.78, 5) is 26.0. The zero-order valence-electron chi connectivity index (χ0n) is 12.2. The minimum Gasteiger partial charge on any atom is -0.469 e. The van der Waals surface area contributed by atoms with E-state index < -0.39 is 0 Å². The molecular weight excluding hydrogens is 268 g/mol. The number of likely N-dealkylation sites (tertiary alicyclic amines) is 1. The monoisotopic (exact) mass is 286 g/mol. The van der Waals surface area contributed by atoms with E-state index in [1.165, 1.54) is 7.11 Å². The highest BCUT2D eigenvalue weighted by Gasteiger charge is 2.32. The van der Waals surface area contributed by atoms with Crippen molar-refractivity contribution in [2.24, 2.45) is 13.0 Å². The maximum absolute atomic E-state index is 12.7. The van der Waals surface area contributed by atoms with Crippen molar-refractivity contribution in [3.8, 4) is 0 Å². The van der Waals surface area contributed by atoms with Gasteiger partial charge in [-0.15, -0.1) is 0 Å². The number of carbonyl (C=O) groups is 2. The first kappa shape index (κ1) is 13.7. The van der Waals surface area contributed by atoms with E-state index >= 15 is 0 Å². The number of rotatable bonds is 2. The number of hydrogen-bond acceptors (Lipinski definition) is 3. The molecule has 0 N–H and O–H groups in total. The van der Waals surface area contributed by atoms with Crippen molar-refractivity contribution in [2.45, 2.75) is 6.42 Å². The zero-order chi connectivity index (χ0) is 15.0. The van der Waals surface area contributed by atoms with Gasteiger partial charge in [0.15, 0.2) is 0 Å². The highest BCUT2D eigenvalue weighted by atomic mass is 16.5. The van der Waals surface area contributed by atoms with Crippen LogP contribution in [0.3, 0.4) is 0 Å². The van der Waals surface area contributed by atoms with Crippen LogP contribution in [-0.2, 0) is 16.6 Å². The van der Waals surface area contributed by atoms with Crippen LogP contribution in [0.5, 0.6) is 0 Å². The van der Waals surface area contributed by atoms with Crippen LogP contribution in [-0.4, -0.2) is 41.5 Å². The molecule has 0 aliphatic carbocycles. The van der Waals surface area contributed by atoms with Gasteiger partial charge in [0, 0.05) is 37.2 Å². The molecule has 1 unspecified atom stereocenters. The summed E-state index contributed by atoms with van der Waals surface area (Å²) in [7, 11) is 3.32. The number of fused-ring (bicyclic) bond motifs is 1. The number of aromatic nitrogens is 1. The molecule has 1 atom stereocenters. The zero-order valence-corrected chi connectivity index (χ0v) is 12.2. The molecule has 0 spiro atoms. The summed E-state index contributed by atoms with van der Waals surface area (Å²) in [6, 6.07) is 7.84. The third-order valence-corrected chi connectivity index (χ3v) is 4.14. The molecule has 1 aromatic heterocycles. The van der Waals surface area contributed by atoms with Crippen molar-refractivity contribution in [3.05, 3.63) is 36.0 Å². The number of benzene rings is 1. The Kier molecular flexibility index (Phi) is 3.41. The lowest BCUT2D eigenvalue weighted by Crippen LogP contribution is -2.30. The molecule has 5 nitrogen and oxygen atoms in total. The summed E-state index contributed by atoms with van der Waals surface area (Å²) in [5, 5.41) is 0.950.